The van der Waals surface area contributed by atoms with Crippen LogP contribution in [-0.2, 0) is 19.7 Å². The molecule has 146 valence electrons. The number of benzene rings is 2. The Bertz CT molecular complexity index is 890. The summed E-state index contributed by atoms with van der Waals surface area (Å²) in [6.45, 7) is 3.97. The standard InChI is InChI=1S/C23H25NO3S/c1-23(2)19-11-7-8-12-20(19)24(3)21(23)15-17(25)16-27-22(26)13-14-28-18-9-5-4-6-10-18/h4-12,15H,13-14,16H2,1-3H3. The lowest BCUT2D eigenvalue weighted by Gasteiger charge is -2.23. The van der Waals surface area contributed by atoms with E-state index in [1.807, 2.05) is 60.5 Å². The average Bonchev–Trinajstić information content (AvgIpc) is 2.88. The highest BCUT2D eigenvalue weighted by atomic mass is 32.2. The summed E-state index contributed by atoms with van der Waals surface area (Å²) in [5.74, 6) is 0.0766. The van der Waals surface area contributed by atoms with Gasteiger partial charge in [-0.05, 0) is 23.8 Å². The van der Waals surface area contributed by atoms with Crippen LogP contribution in [0, 0.1) is 0 Å². The number of para-hydroxylation sites is 1. The van der Waals surface area contributed by atoms with Gasteiger partial charge in [-0.15, -0.1) is 11.8 Å². The van der Waals surface area contributed by atoms with Crippen molar-refractivity contribution in [2.45, 2.75) is 30.6 Å². The molecule has 0 fully saturated rings. The molecule has 4 nitrogen and oxygen atoms in total. The van der Waals surface area contributed by atoms with Gasteiger partial charge in [0.15, 0.2) is 12.4 Å². The van der Waals surface area contributed by atoms with Crippen molar-refractivity contribution in [2.24, 2.45) is 0 Å². The first-order valence-corrected chi connectivity index (χ1v) is 10.3. The molecule has 2 aromatic rings. The molecule has 0 saturated heterocycles. The Morgan fingerprint density at radius 1 is 1.07 bits per heavy atom. The molecule has 3 rings (SSSR count). The van der Waals surface area contributed by atoms with Crippen LogP contribution < -0.4 is 4.90 Å². The van der Waals surface area contributed by atoms with E-state index in [1.54, 1.807) is 17.8 Å². The highest BCUT2D eigenvalue weighted by Crippen LogP contribution is 2.46. The zero-order chi connectivity index (χ0) is 20.1. The molecule has 0 aliphatic carbocycles. The summed E-state index contributed by atoms with van der Waals surface area (Å²) >= 11 is 1.60. The zero-order valence-corrected chi connectivity index (χ0v) is 17.3. The maximum Gasteiger partial charge on any atom is 0.307 e. The van der Waals surface area contributed by atoms with Gasteiger partial charge in [0.1, 0.15) is 0 Å². The first kappa shape index (κ1) is 20.2. The minimum Gasteiger partial charge on any atom is -0.457 e. The second-order valence-electron chi connectivity index (χ2n) is 7.27. The predicted octanol–water partition coefficient (Wildman–Crippen LogP) is 4.59. The molecule has 0 unspecified atom stereocenters. The Kier molecular flexibility index (Phi) is 6.25. The minimum absolute atomic E-state index is 0.202. The maximum atomic E-state index is 12.4. The Balaban J connectivity index is 1.52. The smallest absolute Gasteiger partial charge is 0.307 e. The van der Waals surface area contributed by atoms with E-state index < -0.39 is 0 Å². The number of ketones is 1. The second-order valence-corrected chi connectivity index (χ2v) is 8.44. The van der Waals surface area contributed by atoms with E-state index in [2.05, 4.69) is 19.9 Å². The molecule has 0 N–H and O–H groups in total. The number of esters is 1. The number of carbonyl (C=O) groups excluding carboxylic acids is 2. The molecule has 1 aliphatic rings. The van der Waals surface area contributed by atoms with Gasteiger partial charge in [-0.3, -0.25) is 9.59 Å². The molecular formula is C23H25NO3S. The number of nitrogens with zero attached hydrogens (tertiary/aromatic N) is 1. The normalized spacial score (nSPS) is 16.1. The fourth-order valence-electron chi connectivity index (χ4n) is 3.45. The van der Waals surface area contributed by atoms with E-state index in [0.29, 0.717) is 5.75 Å². The van der Waals surface area contributed by atoms with Gasteiger partial charge in [-0.2, -0.15) is 0 Å². The van der Waals surface area contributed by atoms with Crippen LogP contribution in [0.3, 0.4) is 0 Å². The van der Waals surface area contributed by atoms with Gasteiger partial charge < -0.3 is 9.64 Å². The first-order chi connectivity index (χ1) is 13.4. The number of rotatable bonds is 7. The van der Waals surface area contributed by atoms with Crippen LogP contribution in [0.2, 0.25) is 0 Å². The Labute approximate surface area is 170 Å². The van der Waals surface area contributed by atoms with Crippen molar-refractivity contribution >= 4 is 29.2 Å². The molecule has 0 spiro atoms. The van der Waals surface area contributed by atoms with Gasteiger partial charge in [-0.1, -0.05) is 50.2 Å². The van der Waals surface area contributed by atoms with Crippen molar-refractivity contribution in [3.63, 3.8) is 0 Å². The molecule has 28 heavy (non-hydrogen) atoms. The topological polar surface area (TPSA) is 46.6 Å². The molecule has 0 atom stereocenters. The number of thioether (sulfide) groups is 1. The minimum atomic E-state index is -0.350. The van der Waals surface area contributed by atoms with Gasteiger partial charge in [0.25, 0.3) is 0 Å². The Hall–Kier alpha value is -2.53. The van der Waals surface area contributed by atoms with Crippen molar-refractivity contribution in [1.82, 2.24) is 0 Å². The Morgan fingerprint density at radius 2 is 1.75 bits per heavy atom. The lowest BCUT2D eigenvalue weighted by atomic mass is 9.83. The monoisotopic (exact) mass is 395 g/mol. The van der Waals surface area contributed by atoms with Gasteiger partial charge in [-0.25, -0.2) is 0 Å². The third kappa shape index (κ3) is 4.47. The van der Waals surface area contributed by atoms with Crippen molar-refractivity contribution in [3.8, 4) is 0 Å². The van der Waals surface area contributed by atoms with Crippen molar-refractivity contribution in [1.29, 1.82) is 0 Å². The molecule has 5 heteroatoms. The highest BCUT2D eigenvalue weighted by Gasteiger charge is 2.38. The van der Waals surface area contributed by atoms with E-state index in [0.717, 1.165) is 16.3 Å². The maximum absolute atomic E-state index is 12.4. The molecule has 0 radical (unpaired) electrons. The van der Waals surface area contributed by atoms with E-state index in [9.17, 15) is 9.59 Å². The molecule has 0 amide bonds. The largest absolute Gasteiger partial charge is 0.457 e. The molecule has 0 aromatic heterocycles. The third-order valence-corrected chi connectivity index (χ3v) is 5.95. The molecule has 2 aromatic carbocycles. The number of fused-ring (bicyclic) bond motifs is 1. The van der Waals surface area contributed by atoms with Gasteiger partial charge in [0, 0.05) is 40.6 Å². The number of hydrogen-bond acceptors (Lipinski definition) is 5. The SMILES string of the molecule is CN1C(=CC(=O)COC(=O)CCSc2ccccc2)C(C)(C)c2ccccc21. The van der Waals surface area contributed by atoms with E-state index in [4.69, 9.17) is 4.74 Å². The van der Waals surface area contributed by atoms with E-state index in [1.165, 1.54) is 5.56 Å². The summed E-state index contributed by atoms with van der Waals surface area (Å²) < 4.78 is 5.17. The third-order valence-electron chi connectivity index (χ3n) is 4.93. The van der Waals surface area contributed by atoms with Crippen LogP contribution in [0.1, 0.15) is 25.8 Å². The summed E-state index contributed by atoms with van der Waals surface area (Å²) in [6.07, 6.45) is 1.88. The Morgan fingerprint density at radius 3 is 2.46 bits per heavy atom. The van der Waals surface area contributed by atoms with Crippen molar-refractivity contribution in [2.75, 3.05) is 24.3 Å². The van der Waals surface area contributed by atoms with Gasteiger partial charge in [0.05, 0.1) is 6.42 Å². The van der Waals surface area contributed by atoms with Crippen LogP contribution in [0.15, 0.2) is 71.3 Å². The molecule has 1 aliphatic heterocycles. The number of likely N-dealkylation sites (N-methyl/N-ethyl adjacent to an activating group) is 1. The molecule has 1 heterocycles. The van der Waals surface area contributed by atoms with Crippen LogP contribution in [0.4, 0.5) is 5.69 Å². The summed E-state index contributed by atoms with van der Waals surface area (Å²) in [5, 5.41) is 0. The molecule has 0 saturated carbocycles. The van der Waals surface area contributed by atoms with Crippen molar-refractivity contribution in [3.05, 3.63) is 71.9 Å². The lowest BCUT2D eigenvalue weighted by Crippen LogP contribution is -2.25. The first-order valence-electron chi connectivity index (χ1n) is 9.31. The van der Waals surface area contributed by atoms with Crippen LogP contribution in [0.5, 0.6) is 0 Å². The predicted molar refractivity (Wildman–Crippen MR) is 114 cm³/mol. The number of ether oxygens (including phenoxy) is 1. The van der Waals surface area contributed by atoms with E-state index in [-0.39, 0.29) is 30.2 Å². The lowest BCUT2D eigenvalue weighted by molar-refractivity contribution is -0.146. The molecule has 0 bridgehead atoms. The fourth-order valence-corrected chi connectivity index (χ4v) is 4.30. The van der Waals surface area contributed by atoms with Crippen LogP contribution >= 0.6 is 11.8 Å². The van der Waals surface area contributed by atoms with Gasteiger partial charge in [0.2, 0.25) is 0 Å². The second kappa shape index (κ2) is 8.65. The molecular weight excluding hydrogens is 370 g/mol. The van der Waals surface area contributed by atoms with Gasteiger partial charge >= 0.3 is 5.97 Å². The summed E-state index contributed by atoms with van der Waals surface area (Å²) in [5.41, 5.74) is 2.93. The zero-order valence-electron chi connectivity index (χ0n) is 16.5. The van der Waals surface area contributed by atoms with E-state index >= 15 is 0 Å². The highest BCUT2D eigenvalue weighted by molar-refractivity contribution is 7.99. The van der Waals surface area contributed by atoms with Crippen LogP contribution in [-0.4, -0.2) is 31.2 Å². The fraction of sp³-hybridized carbons (Fsp3) is 0.304. The average molecular weight is 396 g/mol. The summed E-state index contributed by atoms with van der Waals surface area (Å²) in [7, 11) is 1.96. The number of allylic oxidation sites excluding steroid dienone is 1. The number of carbonyl (C=O) groups is 2. The summed E-state index contributed by atoms with van der Waals surface area (Å²) in [4.78, 5) is 27.5. The van der Waals surface area contributed by atoms with Crippen LogP contribution in [0.25, 0.3) is 0 Å². The quantitative estimate of drug-likeness (QED) is 0.390. The number of hydrogen-bond donors (Lipinski definition) is 0. The van der Waals surface area contributed by atoms with Crippen molar-refractivity contribution < 1.29 is 14.3 Å². The number of anilines is 1. The summed E-state index contributed by atoms with van der Waals surface area (Å²) in [6, 6.07) is 18.0.